The van der Waals surface area contributed by atoms with Crippen LogP contribution in [0, 0.1) is 0 Å². The van der Waals surface area contributed by atoms with Crippen LogP contribution in [0.1, 0.15) is 22.3 Å². The minimum Gasteiger partial charge on any atom is -0.497 e. The fraction of sp³-hybridized carbons (Fsp3) is 0.118. The molecule has 2 aliphatic heterocycles. The van der Waals surface area contributed by atoms with Crippen LogP contribution in [-0.4, -0.2) is 13.8 Å². The van der Waals surface area contributed by atoms with Crippen molar-refractivity contribution >= 4 is 18.4 Å². The van der Waals surface area contributed by atoms with Crippen molar-refractivity contribution in [2.45, 2.75) is 12.2 Å². The van der Waals surface area contributed by atoms with E-state index >= 15 is 4.57 Å². The number of para-hydroxylation sites is 2. The van der Waals surface area contributed by atoms with Crippen molar-refractivity contribution in [1.29, 1.82) is 0 Å². The molecule has 2 unspecified atom stereocenters. The van der Waals surface area contributed by atoms with Gasteiger partial charge in [-0.15, -0.1) is 0 Å². The molecule has 2 heterocycles. The SMILES string of the molecule is COc1ccc(C(c2ccc(N3COc4ccccc4C3)cc2)P2(=O)Oc3ccccc3-c3ccccc32)cc1. The summed E-state index contributed by atoms with van der Waals surface area (Å²) in [6.45, 7) is 1.24. The number of nitrogens with zero attached hydrogens (tertiary/aromatic N) is 1. The molecule has 0 aromatic heterocycles. The summed E-state index contributed by atoms with van der Waals surface area (Å²) in [6, 6.07) is 40.0. The van der Waals surface area contributed by atoms with E-state index in [1.807, 2.05) is 91.0 Å². The second kappa shape index (κ2) is 9.93. The molecule has 40 heavy (non-hydrogen) atoms. The smallest absolute Gasteiger partial charge is 0.289 e. The van der Waals surface area contributed by atoms with Crippen LogP contribution in [0.25, 0.3) is 11.1 Å². The predicted octanol–water partition coefficient (Wildman–Crippen LogP) is 7.80. The first kappa shape index (κ1) is 24.6. The molecule has 0 radical (unpaired) electrons. The van der Waals surface area contributed by atoms with Gasteiger partial charge < -0.3 is 18.9 Å². The molecule has 0 fully saturated rings. The molecule has 7 rings (SSSR count). The van der Waals surface area contributed by atoms with Gasteiger partial charge in [0.25, 0.3) is 7.37 Å². The molecule has 5 aromatic carbocycles. The van der Waals surface area contributed by atoms with Crippen molar-refractivity contribution in [2.75, 3.05) is 18.7 Å². The Bertz CT molecular complexity index is 1730. The molecule has 0 N–H and O–H groups in total. The maximum Gasteiger partial charge on any atom is 0.289 e. The van der Waals surface area contributed by atoms with Gasteiger partial charge in [0, 0.05) is 23.4 Å². The largest absolute Gasteiger partial charge is 0.497 e. The molecule has 0 spiro atoms. The first-order valence-electron chi connectivity index (χ1n) is 13.3. The second-order valence-corrected chi connectivity index (χ2v) is 12.4. The fourth-order valence-corrected chi connectivity index (χ4v) is 8.59. The summed E-state index contributed by atoms with van der Waals surface area (Å²) in [5, 5.41) is 0.736. The van der Waals surface area contributed by atoms with Gasteiger partial charge in [0.05, 0.1) is 12.4 Å². The maximum absolute atomic E-state index is 15.3. The van der Waals surface area contributed by atoms with Crippen LogP contribution in [0.5, 0.6) is 17.2 Å². The second-order valence-electron chi connectivity index (χ2n) is 10.0. The molecular weight excluding hydrogens is 517 g/mol. The van der Waals surface area contributed by atoms with Crippen LogP contribution >= 0.6 is 7.37 Å². The molecule has 2 atom stereocenters. The van der Waals surface area contributed by atoms with E-state index < -0.39 is 13.0 Å². The molecule has 2 aliphatic rings. The van der Waals surface area contributed by atoms with Crippen molar-refractivity contribution in [3.05, 3.63) is 138 Å². The number of anilines is 1. The van der Waals surface area contributed by atoms with Crippen molar-refractivity contribution < 1.29 is 18.6 Å². The third kappa shape index (κ3) is 4.14. The highest BCUT2D eigenvalue weighted by Gasteiger charge is 2.44. The summed E-state index contributed by atoms with van der Waals surface area (Å²) in [5.74, 6) is 2.32. The van der Waals surface area contributed by atoms with E-state index in [1.165, 1.54) is 0 Å². The minimum atomic E-state index is -3.48. The maximum atomic E-state index is 15.3. The number of hydrogen-bond donors (Lipinski definition) is 0. The molecule has 0 aliphatic carbocycles. The Kier molecular flexibility index (Phi) is 6.10. The lowest BCUT2D eigenvalue weighted by atomic mass is 10.0. The average molecular weight is 546 g/mol. The highest BCUT2D eigenvalue weighted by atomic mass is 31.2. The van der Waals surface area contributed by atoms with Crippen LogP contribution in [-0.2, 0) is 11.1 Å². The van der Waals surface area contributed by atoms with Gasteiger partial charge in [0.1, 0.15) is 22.9 Å². The first-order chi connectivity index (χ1) is 19.6. The molecule has 0 amide bonds. The Labute approximate surface area is 234 Å². The van der Waals surface area contributed by atoms with Gasteiger partial charge in [0.15, 0.2) is 6.73 Å². The molecule has 5 aromatic rings. The molecular formula is C34H28NO4P. The lowest BCUT2D eigenvalue weighted by Crippen LogP contribution is -2.31. The van der Waals surface area contributed by atoms with Crippen molar-refractivity contribution in [2.24, 2.45) is 0 Å². The molecule has 0 bridgehead atoms. The molecule has 5 nitrogen and oxygen atoms in total. The minimum absolute atomic E-state index is 0.476. The highest BCUT2D eigenvalue weighted by Crippen LogP contribution is 2.65. The van der Waals surface area contributed by atoms with Crippen LogP contribution in [0.3, 0.4) is 0 Å². The Balaban J connectivity index is 1.32. The van der Waals surface area contributed by atoms with Crippen LogP contribution in [0.4, 0.5) is 5.69 Å². The quantitative estimate of drug-likeness (QED) is 0.211. The summed E-state index contributed by atoms with van der Waals surface area (Å²) < 4.78 is 33.3. The van der Waals surface area contributed by atoms with E-state index in [2.05, 4.69) is 35.2 Å². The third-order valence-electron chi connectivity index (χ3n) is 7.71. The van der Waals surface area contributed by atoms with Crippen molar-refractivity contribution in [3.8, 4) is 28.4 Å². The number of ether oxygens (including phenoxy) is 2. The lowest BCUT2D eigenvalue weighted by molar-refractivity contribution is 0.289. The Hall–Kier alpha value is -4.47. The van der Waals surface area contributed by atoms with Crippen LogP contribution in [0.2, 0.25) is 0 Å². The number of benzene rings is 5. The van der Waals surface area contributed by atoms with Gasteiger partial charge in [-0.2, -0.15) is 0 Å². The normalized spacial score (nSPS) is 17.9. The van der Waals surface area contributed by atoms with E-state index in [0.29, 0.717) is 12.5 Å². The average Bonchev–Trinajstić information content (AvgIpc) is 3.02. The zero-order chi connectivity index (χ0) is 27.1. The third-order valence-corrected chi connectivity index (χ3v) is 10.5. The van der Waals surface area contributed by atoms with Crippen molar-refractivity contribution in [1.82, 2.24) is 0 Å². The van der Waals surface area contributed by atoms with E-state index in [4.69, 9.17) is 14.0 Å². The summed E-state index contributed by atoms with van der Waals surface area (Å²) in [7, 11) is -1.84. The standard InChI is InChI=1S/C34H28NO4P/c1-37-28-20-16-25(17-21-28)34(40(36)33-13-7-4-10-30(33)29-9-3-6-12-32(29)39-40)24-14-18-27(19-15-24)35-22-26-8-2-5-11-31(26)38-23-35/h2-21,34H,22-23H2,1H3. The van der Waals surface area contributed by atoms with Gasteiger partial charge in [0.2, 0.25) is 0 Å². The highest BCUT2D eigenvalue weighted by molar-refractivity contribution is 7.68. The number of fused-ring (bicyclic) bond motifs is 4. The molecule has 0 saturated heterocycles. The van der Waals surface area contributed by atoms with E-state index in [0.717, 1.165) is 56.9 Å². The predicted molar refractivity (Wildman–Crippen MR) is 159 cm³/mol. The zero-order valence-electron chi connectivity index (χ0n) is 22.1. The van der Waals surface area contributed by atoms with Gasteiger partial charge in [-0.3, -0.25) is 4.57 Å². The Morgan fingerprint density at radius 2 is 1.35 bits per heavy atom. The monoisotopic (exact) mass is 545 g/mol. The summed E-state index contributed by atoms with van der Waals surface area (Å²) >= 11 is 0. The molecule has 0 saturated carbocycles. The van der Waals surface area contributed by atoms with Crippen LogP contribution in [0.15, 0.2) is 121 Å². The van der Waals surface area contributed by atoms with Gasteiger partial charge in [-0.1, -0.05) is 78.9 Å². The number of hydrogen-bond acceptors (Lipinski definition) is 5. The van der Waals surface area contributed by atoms with Gasteiger partial charge in [-0.25, -0.2) is 0 Å². The van der Waals surface area contributed by atoms with E-state index in [9.17, 15) is 0 Å². The Morgan fingerprint density at radius 1 is 0.725 bits per heavy atom. The fourth-order valence-electron chi connectivity index (χ4n) is 5.71. The summed E-state index contributed by atoms with van der Waals surface area (Å²) in [6.07, 6.45) is 0. The first-order valence-corrected chi connectivity index (χ1v) is 15.0. The number of methoxy groups -OCH3 is 1. The van der Waals surface area contributed by atoms with E-state index in [1.54, 1.807) is 7.11 Å². The number of rotatable bonds is 5. The van der Waals surface area contributed by atoms with E-state index in [-0.39, 0.29) is 0 Å². The summed E-state index contributed by atoms with van der Waals surface area (Å²) in [5.41, 5.74) is 5.42. The van der Waals surface area contributed by atoms with Gasteiger partial charge in [-0.05, 0) is 59.2 Å². The zero-order valence-corrected chi connectivity index (χ0v) is 23.0. The van der Waals surface area contributed by atoms with Gasteiger partial charge >= 0.3 is 0 Å². The van der Waals surface area contributed by atoms with Crippen LogP contribution < -0.4 is 24.2 Å². The molecule has 6 heteroatoms. The lowest BCUT2D eigenvalue weighted by Gasteiger charge is -2.35. The topological polar surface area (TPSA) is 48.0 Å². The molecule has 198 valence electrons. The summed E-state index contributed by atoms with van der Waals surface area (Å²) in [4.78, 5) is 2.19. The Morgan fingerprint density at radius 3 is 2.10 bits per heavy atom. The van der Waals surface area contributed by atoms with Crippen molar-refractivity contribution in [3.63, 3.8) is 0 Å².